The highest BCUT2D eigenvalue weighted by atomic mass is 35.5. The number of nitrogens with two attached hydrogens (primary N) is 1. The van der Waals surface area contributed by atoms with Gasteiger partial charge in [-0.2, -0.15) is 0 Å². The van der Waals surface area contributed by atoms with E-state index in [0.717, 1.165) is 0 Å². The van der Waals surface area contributed by atoms with Crippen LogP contribution in [0.4, 0.5) is 5.82 Å². The minimum absolute atomic E-state index is 0.444. The van der Waals surface area contributed by atoms with E-state index in [0.29, 0.717) is 33.0 Å². The third kappa shape index (κ3) is 1.57. The number of fused-ring (bicyclic) bond motifs is 1. The Morgan fingerprint density at radius 1 is 1.35 bits per heavy atom. The highest BCUT2D eigenvalue weighted by Gasteiger charge is 2.15. The van der Waals surface area contributed by atoms with Crippen molar-refractivity contribution in [2.75, 3.05) is 5.73 Å². The van der Waals surface area contributed by atoms with Crippen LogP contribution in [0.25, 0.3) is 17.1 Å². The van der Waals surface area contributed by atoms with Crippen LogP contribution in [0.5, 0.6) is 0 Å². The Kier molecular flexibility index (Phi) is 2.28. The van der Waals surface area contributed by atoms with Gasteiger partial charge in [0, 0.05) is 6.20 Å². The molecule has 0 spiro atoms. The Balaban J connectivity index is 2.36. The quantitative estimate of drug-likeness (QED) is 0.735. The second-order valence-corrected chi connectivity index (χ2v) is 4.37. The standard InChI is InChI=1S/C11H7Cl2N3O/c12-6-4-7(13)11-15-9(8-2-1-3-17-8)10(14)16(11)5-6/h1-5H,14H2. The molecule has 0 unspecified atom stereocenters. The number of nitrogen functional groups attached to an aromatic ring is 1. The van der Waals surface area contributed by atoms with Crippen molar-refractivity contribution in [3.8, 4) is 11.5 Å². The van der Waals surface area contributed by atoms with Crippen molar-refractivity contribution >= 4 is 34.7 Å². The molecule has 0 radical (unpaired) electrons. The maximum atomic E-state index is 6.06. The first-order valence-electron chi connectivity index (χ1n) is 4.83. The fourth-order valence-corrected chi connectivity index (χ4v) is 2.20. The summed E-state index contributed by atoms with van der Waals surface area (Å²) in [5.74, 6) is 1.04. The number of aromatic nitrogens is 2. The predicted octanol–water partition coefficient (Wildman–Crippen LogP) is 3.48. The van der Waals surface area contributed by atoms with Crippen molar-refractivity contribution in [1.82, 2.24) is 9.38 Å². The van der Waals surface area contributed by atoms with Gasteiger partial charge in [-0.25, -0.2) is 4.98 Å². The first-order valence-corrected chi connectivity index (χ1v) is 5.59. The van der Waals surface area contributed by atoms with Crippen molar-refractivity contribution in [3.63, 3.8) is 0 Å². The third-order valence-corrected chi connectivity index (χ3v) is 2.92. The summed E-state index contributed by atoms with van der Waals surface area (Å²) in [7, 11) is 0. The summed E-state index contributed by atoms with van der Waals surface area (Å²) in [4.78, 5) is 4.35. The molecule has 3 aromatic heterocycles. The first-order chi connectivity index (χ1) is 8.16. The van der Waals surface area contributed by atoms with Crippen molar-refractivity contribution in [1.29, 1.82) is 0 Å². The molecule has 17 heavy (non-hydrogen) atoms. The highest BCUT2D eigenvalue weighted by Crippen LogP contribution is 2.31. The Labute approximate surface area is 107 Å². The zero-order chi connectivity index (χ0) is 12.0. The Bertz CT molecular complexity index is 688. The lowest BCUT2D eigenvalue weighted by atomic mass is 10.3. The Morgan fingerprint density at radius 2 is 2.18 bits per heavy atom. The van der Waals surface area contributed by atoms with Gasteiger partial charge in [0.15, 0.2) is 11.4 Å². The van der Waals surface area contributed by atoms with E-state index in [9.17, 15) is 0 Å². The Hall–Kier alpha value is -1.65. The van der Waals surface area contributed by atoms with Crippen molar-refractivity contribution in [2.24, 2.45) is 0 Å². The minimum Gasteiger partial charge on any atom is -0.463 e. The van der Waals surface area contributed by atoms with Gasteiger partial charge in [0.25, 0.3) is 0 Å². The molecule has 3 rings (SSSR count). The van der Waals surface area contributed by atoms with Crippen molar-refractivity contribution < 1.29 is 4.42 Å². The van der Waals surface area contributed by atoms with E-state index in [2.05, 4.69) is 4.98 Å². The van der Waals surface area contributed by atoms with E-state index in [1.54, 1.807) is 35.1 Å². The lowest BCUT2D eigenvalue weighted by Crippen LogP contribution is -1.93. The van der Waals surface area contributed by atoms with Gasteiger partial charge in [-0.15, -0.1) is 0 Å². The number of furan rings is 1. The van der Waals surface area contributed by atoms with Gasteiger partial charge in [0.2, 0.25) is 0 Å². The number of imidazole rings is 1. The monoisotopic (exact) mass is 267 g/mol. The molecule has 3 heterocycles. The molecule has 4 nitrogen and oxygen atoms in total. The van der Waals surface area contributed by atoms with Gasteiger partial charge in [0.05, 0.1) is 16.3 Å². The van der Waals surface area contributed by atoms with E-state index in [1.165, 1.54) is 0 Å². The van der Waals surface area contributed by atoms with Crippen LogP contribution < -0.4 is 5.73 Å². The molecule has 0 aliphatic rings. The zero-order valence-electron chi connectivity index (χ0n) is 8.52. The van der Waals surface area contributed by atoms with E-state index < -0.39 is 0 Å². The summed E-state index contributed by atoms with van der Waals surface area (Å²) in [6.07, 6.45) is 3.23. The molecule has 0 aliphatic carbocycles. The predicted molar refractivity (Wildman–Crippen MR) is 67.3 cm³/mol. The highest BCUT2D eigenvalue weighted by molar-refractivity contribution is 6.36. The lowest BCUT2D eigenvalue weighted by molar-refractivity contribution is 0.581. The molecule has 0 saturated carbocycles. The molecule has 2 N–H and O–H groups in total. The molecule has 0 fully saturated rings. The molecule has 0 bridgehead atoms. The normalized spacial score (nSPS) is 11.2. The maximum absolute atomic E-state index is 6.06. The molecule has 86 valence electrons. The van der Waals surface area contributed by atoms with Crippen molar-refractivity contribution in [2.45, 2.75) is 0 Å². The summed E-state index contributed by atoms with van der Waals surface area (Å²) in [5.41, 5.74) is 7.10. The molecular formula is C11H7Cl2N3O. The van der Waals surface area contributed by atoms with Gasteiger partial charge in [-0.05, 0) is 18.2 Å². The molecule has 0 atom stereocenters. The maximum Gasteiger partial charge on any atom is 0.158 e. The molecule has 0 aromatic carbocycles. The molecule has 6 heteroatoms. The van der Waals surface area contributed by atoms with Crippen molar-refractivity contribution in [3.05, 3.63) is 40.7 Å². The average Bonchev–Trinajstić information content (AvgIpc) is 2.87. The van der Waals surface area contributed by atoms with E-state index in [4.69, 9.17) is 33.4 Å². The van der Waals surface area contributed by atoms with Gasteiger partial charge < -0.3 is 10.2 Å². The van der Waals surface area contributed by atoms with Gasteiger partial charge in [0.1, 0.15) is 11.5 Å². The van der Waals surface area contributed by atoms with E-state index in [1.807, 2.05) is 0 Å². The van der Waals surface area contributed by atoms with Crippen LogP contribution in [0.15, 0.2) is 35.1 Å². The Morgan fingerprint density at radius 3 is 2.88 bits per heavy atom. The summed E-state index contributed by atoms with van der Waals surface area (Å²) < 4.78 is 6.91. The number of hydrogen-bond donors (Lipinski definition) is 1. The zero-order valence-corrected chi connectivity index (χ0v) is 10.0. The number of anilines is 1. The summed E-state index contributed by atoms with van der Waals surface area (Å²) in [5, 5.41) is 0.944. The SMILES string of the molecule is Nc1c(-c2ccco2)nc2c(Cl)cc(Cl)cn12. The second-order valence-electron chi connectivity index (χ2n) is 3.52. The number of rotatable bonds is 1. The van der Waals surface area contributed by atoms with Gasteiger partial charge in [-0.3, -0.25) is 4.40 Å². The molecule has 3 aromatic rings. The van der Waals surface area contributed by atoms with Crippen LogP contribution >= 0.6 is 23.2 Å². The molecular weight excluding hydrogens is 261 g/mol. The third-order valence-electron chi connectivity index (χ3n) is 2.43. The summed E-state index contributed by atoms with van der Waals surface area (Å²) >= 11 is 12.0. The van der Waals surface area contributed by atoms with Crippen LogP contribution in [0.2, 0.25) is 10.0 Å². The summed E-state index contributed by atoms with van der Waals surface area (Å²) in [6, 6.07) is 5.18. The average molecular weight is 268 g/mol. The smallest absolute Gasteiger partial charge is 0.158 e. The summed E-state index contributed by atoms with van der Waals surface area (Å²) in [6.45, 7) is 0. The largest absolute Gasteiger partial charge is 0.463 e. The number of nitrogens with zero attached hydrogens (tertiary/aromatic N) is 2. The number of pyridine rings is 1. The number of halogens is 2. The molecule has 0 amide bonds. The topological polar surface area (TPSA) is 56.5 Å². The van der Waals surface area contributed by atoms with Gasteiger partial charge >= 0.3 is 0 Å². The number of hydrogen-bond acceptors (Lipinski definition) is 3. The van der Waals surface area contributed by atoms with E-state index >= 15 is 0 Å². The lowest BCUT2D eigenvalue weighted by Gasteiger charge is -1.99. The minimum atomic E-state index is 0.444. The molecule has 0 aliphatic heterocycles. The molecule has 0 saturated heterocycles. The van der Waals surface area contributed by atoms with Gasteiger partial charge in [-0.1, -0.05) is 23.2 Å². The van der Waals surface area contributed by atoms with Crippen LogP contribution in [0, 0.1) is 0 Å². The van der Waals surface area contributed by atoms with Crippen LogP contribution in [0.1, 0.15) is 0 Å². The fraction of sp³-hybridized carbons (Fsp3) is 0. The van der Waals surface area contributed by atoms with Crippen LogP contribution in [0.3, 0.4) is 0 Å². The fourth-order valence-electron chi connectivity index (χ4n) is 1.69. The van der Waals surface area contributed by atoms with Crippen LogP contribution in [-0.4, -0.2) is 9.38 Å². The van der Waals surface area contributed by atoms with Crippen LogP contribution in [-0.2, 0) is 0 Å². The second kappa shape index (κ2) is 3.68. The van der Waals surface area contributed by atoms with E-state index in [-0.39, 0.29) is 0 Å². The first kappa shape index (κ1) is 10.5.